The summed E-state index contributed by atoms with van der Waals surface area (Å²) in [6.07, 6.45) is 1.91. The molecule has 0 spiro atoms. The molecule has 0 saturated heterocycles. The van der Waals surface area contributed by atoms with E-state index in [1.165, 1.54) is 0 Å². The molecule has 0 bridgehead atoms. The fraction of sp³-hybridized carbons (Fsp3) is 0.100. The summed E-state index contributed by atoms with van der Waals surface area (Å²) in [5, 5.41) is 4.31. The molecule has 0 saturated carbocycles. The monoisotopic (exact) mass is 251 g/mol. The molecular formula is C10H10BrN3. The van der Waals surface area contributed by atoms with Crippen LogP contribution in [0.4, 0.5) is 0 Å². The molecular weight excluding hydrogens is 242 g/mol. The summed E-state index contributed by atoms with van der Waals surface area (Å²) < 4.78 is 2.88. The molecule has 3 nitrogen and oxygen atoms in total. The first-order valence-electron chi connectivity index (χ1n) is 4.30. The molecule has 2 N–H and O–H groups in total. The van der Waals surface area contributed by atoms with Gasteiger partial charge in [0.2, 0.25) is 0 Å². The van der Waals surface area contributed by atoms with E-state index in [9.17, 15) is 0 Å². The normalized spacial score (nSPS) is 10.4. The Balaban J connectivity index is 2.34. The van der Waals surface area contributed by atoms with Crippen LogP contribution in [0.15, 0.2) is 41.0 Å². The fourth-order valence-corrected chi connectivity index (χ4v) is 1.47. The van der Waals surface area contributed by atoms with Crippen LogP contribution in [-0.2, 0) is 6.54 Å². The highest BCUT2D eigenvalue weighted by molar-refractivity contribution is 9.10. The molecule has 0 aliphatic carbocycles. The Kier molecular flexibility index (Phi) is 2.65. The Morgan fingerprint density at radius 2 is 1.93 bits per heavy atom. The van der Waals surface area contributed by atoms with E-state index >= 15 is 0 Å². The largest absolute Gasteiger partial charge is 0.325 e. The summed E-state index contributed by atoms with van der Waals surface area (Å²) in [6.45, 7) is 0.476. The van der Waals surface area contributed by atoms with Crippen LogP contribution in [-0.4, -0.2) is 9.78 Å². The van der Waals surface area contributed by atoms with Gasteiger partial charge < -0.3 is 5.73 Å². The minimum Gasteiger partial charge on any atom is -0.325 e. The molecule has 1 aromatic heterocycles. The average Bonchev–Trinajstić information content (AvgIpc) is 2.67. The van der Waals surface area contributed by atoms with Crippen molar-refractivity contribution in [2.75, 3.05) is 0 Å². The van der Waals surface area contributed by atoms with E-state index in [4.69, 9.17) is 5.73 Å². The number of aromatic nitrogens is 2. The summed E-state index contributed by atoms with van der Waals surface area (Å²) in [6, 6.07) is 9.88. The molecule has 0 amide bonds. The van der Waals surface area contributed by atoms with E-state index in [-0.39, 0.29) is 0 Å². The Labute approximate surface area is 90.7 Å². The second kappa shape index (κ2) is 3.94. The Bertz CT molecular complexity index is 419. The molecule has 0 aliphatic heterocycles. The Morgan fingerprint density at radius 3 is 2.50 bits per heavy atom. The lowest BCUT2D eigenvalue weighted by molar-refractivity contribution is 0.833. The Morgan fingerprint density at radius 1 is 1.21 bits per heavy atom. The van der Waals surface area contributed by atoms with Crippen LogP contribution >= 0.6 is 15.9 Å². The highest BCUT2D eigenvalue weighted by atomic mass is 79.9. The third-order valence-electron chi connectivity index (χ3n) is 1.94. The van der Waals surface area contributed by atoms with Crippen LogP contribution < -0.4 is 5.73 Å². The van der Waals surface area contributed by atoms with Gasteiger partial charge in [0.1, 0.15) is 0 Å². The molecule has 0 unspecified atom stereocenters. The smallest absolute Gasteiger partial charge is 0.0764 e. The highest BCUT2D eigenvalue weighted by Gasteiger charge is 1.98. The summed E-state index contributed by atoms with van der Waals surface area (Å²) in [5.74, 6) is 0. The SMILES string of the molecule is NCc1ccn(-c2ccc(Br)cc2)n1. The maximum Gasteiger partial charge on any atom is 0.0764 e. The maximum atomic E-state index is 5.48. The van der Waals surface area contributed by atoms with E-state index < -0.39 is 0 Å². The van der Waals surface area contributed by atoms with Gasteiger partial charge in [-0.3, -0.25) is 0 Å². The standard InChI is InChI=1S/C10H10BrN3/c11-8-1-3-10(4-2-8)14-6-5-9(7-12)13-14/h1-6H,7,12H2. The zero-order valence-corrected chi connectivity index (χ0v) is 9.11. The van der Waals surface area contributed by atoms with E-state index in [1.54, 1.807) is 0 Å². The van der Waals surface area contributed by atoms with Crippen molar-refractivity contribution in [1.82, 2.24) is 9.78 Å². The van der Waals surface area contributed by atoms with Crippen LogP contribution in [0.25, 0.3) is 5.69 Å². The molecule has 14 heavy (non-hydrogen) atoms. The third-order valence-corrected chi connectivity index (χ3v) is 2.47. The van der Waals surface area contributed by atoms with Crippen molar-refractivity contribution in [2.45, 2.75) is 6.54 Å². The van der Waals surface area contributed by atoms with E-state index in [2.05, 4.69) is 21.0 Å². The van der Waals surface area contributed by atoms with Crippen molar-refractivity contribution in [3.05, 3.63) is 46.7 Å². The predicted octanol–water partition coefficient (Wildman–Crippen LogP) is 2.09. The van der Waals surface area contributed by atoms with Crippen molar-refractivity contribution in [3.63, 3.8) is 0 Å². The minimum absolute atomic E-state index is 0.476. The van der Waals surface area contributed by atoms with Gasteiger partial charge >= 0.3 is 0 Å². The van der Waals surface area contributed by atoms with Gasteiger partial charge in [-0.15, -0.1) is 0 Å². The summed E-state index contributed by atoms with van der Waals surface area (Å²) >= 11 is 3.39. The van der Waals surface area contributed by atoms with Crippen molar-refractivity contribution < 1.29 is 0 Å². The first kappa shape index (κ1) is 9.43. The molecule has 1 aromatic carbocycles. The topological polar surface area (TPSA) is 43.8 Å². The van der Waals surface area contributed by atoms with Crippen LogP contribution in [0.1, 0.15) is 5.69 Å². The van der Waals surface area contributed by atoms with Gasteiger partial charge in [0.15, 0.2) is 0 Å². The number of rotatable bonds is 2. The fourth-order valence-electron chi connectivity index (χ4n) is 1.21. The molecule has 1 heterocycles. The van der Waals surface area contributed by atoms with Crippen molar-refractivity contribution >= 4 is 15.9 Å². The quantitative estimate of drug-likeness (QED) is 0.889. The number of benzene rings is 1. The first-order chi connectivity index (χ1) is 6.79. The highest BCUT2D eigenvalue weighted by Crippen LogP contribution is 2.13. The van der Waals surface area contributed by atoms with Crippen LogP contribution in [0, 0.1) is 0 Å². The number of halogens is 1. The molecule has 4 heteroatoms. The lowest BCUT2D eigenvalue weighted by Crippen LogP contribution is -2.00. The van der Waals surface area contributed by atoms with Gasteiger partial charge in [0.05, 0.1) is 11.4 Å². The predicted molar refractivity (Wildman–Crippen MR) is 59.2 cm³/mol. The number of hydrogen-bond acceptors (Lipinski definition) is 2. The molecule has 2 aromatic rings. The van der Waals surface area contributed by atoms with Crippen LogP contribution in [0.2, 0.25) is 0 Å². The molecule has 2 rings (SSSR count). The van der Waals surface area contributed by atoms with Gasteiger partial charge in [-0.25, -0.2) is 4.68 Å². The maximum absolute atomic E-state index is 5.48. The van der Waals surface area contributed by atoms with Gasteiger partial charge in [0.25, 0.3) is 0 Å². The van der Waals surface area contributed by atoms with Crippen LogP contribution in [0.5, 0.6) is 0 Å². The molecule has 72 valence electrons. The first-order valence-corrected chi connectivity index (χ1v) is 5.09. The molecule has 0 radical (unpaired) electrons. The average molecular weight is 252 g/mol. The molecule has 0 fully saturated rings. The number of nitrogens with two attached hydrogens (primary N) is 1. The van der Waals surface area contributed by atoms with Crippen LogP contribution in [0.3, 0.4) is 0 Å². The lowest BCUT2D eigenvalue weighted by atomic mass is 10.3. The summed E-state index contributed by atoms with van der Waals surface area (Å²) in [5.41, 5.74) is 7.41. The minimum atomic E-state index is 0.476. The second-order valence-electron chi connectivity index (χ2n) is 2.93. The summed E-state index contributed by atoms with van der Waals surface area (Å²) in [4.78, 5) is 0. The Hall–Kier alpha value is -1.13. The second-order valence-corrected chi connectivity index (χ2v) is 3.85. The van der Waals surface area contributed by atoms with Crippen molar-refractivity contribution in [1.29, 1.82) is 0 Å². The van der Waals surface area contributed by atoms with E-state index in [1.807, 2.05) is 41.2 Å². The van der Waals surface area contributed by atoms with Crippen molar-refractivity contribution in [3.8, 4) is 5.69 Å². The van der Waals surface area contributed by atoms with Gasteiger partial charge in [-0.05, 0) is 30.3 Å². The molecule has 0 atom stereocenters. The van der Waals surface area contributed by atoms with Gasteiger partial charge in [0, 0.05) is 17.2 Å². The van der Waals surface area contributed by atoms with E-state index in [0.717, 1.165) is 15.9 Å². The number of nitrogens with zero attached hydrogens (tertiary/aromatic N) is 2. The van der Waals surface area contributed by atoms with Crippen molar-refractivity contribution in [2.24, 2.45) is 5.73 Å². The zero-order chi connectivity index (χ0) is 9.97. The van der Waals surface area contributed by atoms with E-state index in [0.29, 0.717) is 6.54 Å². The zero-order valence-electron chi connectivity index (χ0n) is 7.52. The lowest BCUT2D eigenvalue weighted by Gasteiger charge is -2.00. The number of hydrogen-bond donors (Lipinski definition) is 1. The summed E-state index contributed by atoms with van der Waals surface area (Å²) in [7, 11) is 0. The van der Waals surface area contributed by atoms with Gasteiger partial charge in [-0.2, -0.15) is 5.10 Å². The third kappa shape index (κ3) is 1.86. The molecule has 0 aliphatic rings. The van der Waals surface area contributed by atoms with Gasteiger partial charge in [-0.1, -0.05) is 15.9 Å².